The number of carboxylic acids is 1. The molecule has 1 unspecified atom stereocenters. The number of aromatic amines is 1. The summed E-state index contributed by atoms with van der Waals surface area (Å²) in [5, 5.41) is 58.0. The number of hydrogen-bond donors (Lipinski definition) is 15. The van der Waals surface area contributed by atoms with E-state index in [1.807, 2.05) is 6.92 Å². The van der Waals surface area contributed by atoms with Gasteiger partial charge in [0, 0.05) is 89.9 Å². The molecule has 2 aliphatic rings. The van der Waals surface area contributed by atoms with E-state index in [0.717, 1.165) is 24.5 Å². The number of aromatic nitrogens is 1. The molecule has 1 aromatic heterocycles. The van der Waals surface area contributed by atoms with Gasteiger partial charge >= 0.3 is 5.97 Å². The number of rotatable bonds is 21. The molecule has 692 valence electrons. The predicted octanol–water partition coefficient (Wildman–Crippen LogP) is 0.988. The highest BCUT2D eigenvalue weighted by Crippen LogP contribution is 2.33. The Morgan fingerprint density at radius 1 is 0.485 bits per heavy atom. The number of nitrogens with one attached hydrogen (secondary N) is 11. The number of H-pyrrole nitrogens is 1. The van der Waals surface area contributed by atoms with Crippen LogP contribution in [0.2, 0.25) is 0 Å². The minimum absolute atomic E-state index is 0.00970. The van der Waals surface area contributed by atoms with Crippen LogP contribution in [0, 0.1) is 11.8 Å². The van der Waals surface area contributed by atoms with E-state index < -0.39 is 218 Å². The maximum atomic E-state index is 15.5. The molecule has 1 saturated heterocycles. The zero-order valence-electron chi connectivity index (χ0n) is 74.0. The molecule has 37 heteroatoms. The van der Waals surface area contributed by atoms with Crippen molar-refractivity contribution in [2.75, 3.05) is 59.3 Å². The van der Waals surface area contributed by atoms with E-state index in [2.05, 4.69) is 58.2 Å². The number of likely N-dealkylation sites (N-methyl/N-ethyl adjacent to an activating group) is 4. The normalized spacial score (nSPS) is 22.1. The molecule has 2 bridgehead atoms. The summed E-state index contributed by atoms with van der Waals surface area (Å²) in [6.45, 7) is 4.96. The molecular formula is C93H115N17O20. The smallest absolute Gasteiger partial charge is 0.305 e. The first-order valence-electron chi connectivity index (χ1n) is 42.9. The van der Waals surface area contributed by atoms with Crippen LogP contribution in [0.3, 0.4) is 0 Å². The van der Waals surface area contributed by atoms with Crippen molar-refractivity contribution in [1.82, 2.24) is 77.8 Å². The van der Waals surface area contributed by atoms with E-state index in [1.54, 1.807) is 149 Å². The van der Waals surface area contributed by atoms with Gasteiger partial charge < -0.3 is 104 Å². The summed E-state index contributed by atoms with van der Waals surface area (Å²) in [5.41, 5.74) is 8.83. The molecule has 11 atom stereocenters. The number of para-hydroxylation sites is 1. The number of carboxylic acid groups (broad SMARTS) is 1. The van der Waals surface area contributed by atoms with Gasteiger partial charge in [-0.25, -0.2) is 0 Å². The lowest BCUT2D eigenvalue weighted by atomic mass is 9.95. The van der Waals surface area contributed by atoms with E-state index in [0.29, 0.717) is 57.1 Å². The number of amides is 16. The van der Waals surface area contributed by atoms with E-state index >= 15 is 38.4 Å². The number of phenols is 2. The lowest BCUT2D eigenvalue weighted by Gasteiger charge is -2.37. The molecule has 16 amide bonds. The molecule has 37 nitrogen and oxygen atoms in total. The molecule has 0 radical (unpaired) electrons. The first-order valence-corrected chi connectivity index (χ1v) is 42.9. The summed E-state index contributed by atoms with van der Waals surface area (Å²) >= 11 is 0. The van der Waals surface area contributed by atoms with Crippen LogP contribution in [0.15, 0.2) is 164 Å². The van der Waals surface area contributed by atoms with Crippen LogP contribution in [-0.4, -0.2) is 261 Å². The Hall–Kier alpha value is -14.6. The molecule has 1 fully saturated rings. The fourth-order valence-corrected chi connectivity index (χ4v) is 15.5. The van der Waals surface area contributed by atoms with Crippen molar-refractivity contribution in [3.8, 4) is 11.5 Å². The molecule has 3 heterocycles. The van der Waals surface area contributed by atoms with Crippen molar-refractivity contribution in [2.45, 2.75) is 178 Å². The number of unbranched alkanes of at least 4 members (excludes halogenated alkanes) is 1. The number of primary amides is 1. The highest BCUT2D eigenvalue weighted by molar-refractivity contribution is 6.07. The summed E-state index contributed by atoms with van der Waals surface area (Å²) < 4.78 is 0. The second-order valence-electron chi connectivity index (χ2n) is 33.4. The van der Waals surface area contributed by atoms with Crippen LogP contribution in [0.25, 0.3) is 10.9 Å². The molecule has 0 spiro atoms. The quantitative estimate of drug-likeness (QED) is 0.0477. The van der Waals surface area contributed by atoms with Crippen LogP contribution >= 0.6 is 0 Å². The monoisotopic (exact) mass is 1790 g/mol. The van der Waals surface area contributed by atoms with Crippen molar-refractivity contribution >= 4 is 117 Å². The van der Waals surface area contributed by atoms with Gasteiger partial charge in [-0.15, -0.1) is 0 Å². The van der Waals surface area contributed by atoms with Gasteiger partial charge in [0.25, 0.3) is 0 Å². The minimum Gasteiger partial charge on any atom is -0.508 e. The second kappa shape index (κ2) is 46.8. The molecule has 9 rings (SSSR count). The Bertz CT molecular complexity index is 5250. The van der Waals surface area contributed by atoms with Crippen molar-refractivity contribution in [3.05, 3.63) is 197 Å². The lowest BCUT2D eigenvalue weighted by molar-refractivity contribution is -0.151. The SMILES string of the molecule is CCCC[C@H]1C(=O)N(C)CC(=O)N[C@@H](CC(=O)O)C(=O)N[C@@H](C(C)C)C(=O)N(C)[C@@H](Cc2ccccc2)C(=O)N[C@H]2Cc3ccc(O)cc3N(CC(=O)N[C@@H](Cc3c[nH]c4ccccc34)C(=O)NC(Cc3ccc(O)cc3)C(=O)N[C@@H](CC(C)C)C(=O)N[C@H](C(=O)NCC(N)=O)CC(=O)NCC(=O)N[C@@H](Cc3ccccc3)C(=O)N(C)[C@@H](Cc3ccccc3)C(=O)N1C)C2=O. The van der Waals surface area contributed by atoms with Crippen molar-refractivity contribution in [2.24, 2.45) is 17.6 Å². The third-order valence-corrected chi connectivity index (χ3v) is 22.6. The van der Waals surface area contributed by atoms with Gasteiger partial charge in [-0.05, 0) is 82.3 Å². The lowest BCUT2D eigenvalue weighted by Crippen LogP contribution is -2.62. The fourth-order valence-electron chi connectivity index (χ4n) is 15.5. The summed E-state index contributed by atoms with van der Waals surface area (Å²) in [7, 11) is 5.19. The molecule has 130 heavy (non-hydrogen) atoms. The Labute approximate surface area is 751 Å². The number of nitrogens with zero attached hydrogens (tertiary/aromatic N) is 5. The van der Waals surface area contributed by atoms with E-state index in [1.165, 1.54) is 70.7 Å². The van der Waals surface area contributed by atoms with Crippen LogP contribution < -0.4 is 63.8 Å². The van der Waals surface area contributed by atoms with Gasteiger partial charge in [-0.2, -0.15) is 0 Å². The number of aromatic hydroxyl groups is 2. The first-order chi connectivity index (χ1) is 61.9. The zero-order chi connectivity index (χ0) is 94.7. The van der Waals surface area contributed by atoms with Crippen molar-refractivity contribution in [3.63, 3.8) is 0 Å². The average Bonchev–Trinajstić information content (AvgIpc) is 0.909. The van der Waals surface area contributed by atoms with Crippen molar-refractivity contribution < 1.29 is 96.8 Å². The van der Waals surface area contributed by atoms with Crippen LogP contribution in [0.5, 0.6) is 11.5 Å². The number of phenolic OH excluding ortho intramolecular Hbond substituents is 2. The van der Waals surface area contributed by atoms with Crippen LogP contribution in [0.4, 0.5) is 5.69 Å². The Balaban J connectivity index is 1.11. The summed E-state index contributed by atoms with van der Waals surface area (Å²) in [5.74, 6) is -18.9. The Kier molecular flexibility index (Phi) is 35.7. The maximum absolute atomic E-state index is 15.5. The van der Waals surface area contributed by atoms with E-state index in [-0.39, 0.29) is 68.6 Å². The van der Waals surface area contributed by atoms with Gasteiger partial charge in [-0.1, -0.05) is 175 Å². The highest BCUT2D eigenvalue weighted by Gasteiger charge is 2.44. The van der Waals surface area contributed by atoms with Gasteiger partial charge in [0.05, 0.1) is 38.2 Å². The third-order valence-electron chi connectivity index (χ3n) is 22.6. The number of fused-ring (bicyclic) bond motifs is 5. The van der Waals surface area contributed by atoms with E-state index in [4.69, 9.17) is 5.73 Å². The predicted molar refractivity (Wildman–Crippen MR) is 477 cm³/mol. The number of nitrogens with two attached hydrogens (primary N) is 1. The number of carbonyl (C=O) groups excluding carboxylic acids is 16. The van der Waals surface area contributed by atoms with E-state index in [9.17, 15) is 58.5 Å². The van der Waals surface area contributed by atoms with Gasteiger partial charge in [0.1, 0.15) is 84.5 Å². The number of aliphatic carboxylic acids is 1. The summed E-state index contributed by atoms with van der Waals surface area (Å²) in [6.07, 6.45) is -1.16. The molecule has 16 N–H and O–H groups in total. The van der Waals surface area contributed by atoms with Crippen LogP contribution in [0.1, 0.15) is 107 Å². The summed E-state index contributed by atoms with van der Waals surface area (Å²) in [6, 6.07) is 24.4. The second-order valence-corrected chi connectivity index (χ2v) is 33.4. The molecule has 0 saturated carbocycles. The Morgan fingerprint density at radius 3 is 1.62 bits per heavy atom. The molecule has 6 aromatic carbocycles. The third kappa shape index (κ3) is 28.0. The standard InChI is InChI=1S/C93H115N17O20/c1-10-11-31-72-91(128)106(6)51-79(116)99-69(47-81(118)119)87(124)105-82(54(4)5)93(130)108(8)74(41-56-25-17-13-18-26-56)88(125)104-71-43-59-34-37-62(112)45-73(59)110(90(71)127)52-80(117)98-67(44-60-48-95-64-30-22-21-29-63(60)64)86(123)102-66(39-58-32-35-61(111)36-33-58)85(122)101-65(38-53(2)3)84(121)103-68(83(120)97-49-76(94)113)46-77(114)96-50-78(115)100-70(40-55-23-15-12-16-24-55)89(126)109(9)75(92(129)107(72)7)42-57-27-19-14-20-28-57/h12-30,32-37,45,48,53-54,65-72,74-75,82,95,111-112H,10-11,31,38-44,46-47,49-52H2,1-9H3,(H2,94,113)(H,96,114)(H,97,120)(H,98,117)(H,99,116)(H,100,115)(H,101,122)(H,102,123)(H,103,121)(H,104,125)(H,105,124)(H,118,119)/t65-,66?,67-,68-,69-,70-,71-,72-,74-,75-,82-/m0/s1. The molecule has 0 aliphatic carbocycles. The zero-order valence-corrected chi connectivity index (χ0v) is 74.0. The number of hydrogen-bond acceptors (Lipinski definition) is 19. The molecule has 2 aliphatic heterocycles. The van der Waals surface area contributed by atoms with Gasteiger partial charge in [-0.3, -0.25) is 81.5 Å². The number of benzene rings is 6. The maximum Gasteiger partial charge on any atom is 0.305 e. The molecular weight excluding hydrogens is 1680 g/mol. The average molecular weight is 1790 g/mol. The highest BCUT2D eigenvalue weighted by atomic mass is 16.4. The fraction of sp³-hybridized carbons (Fsp3) is 0.409. The molecule has 7 aromatic rings. The van der Waals surface area contributed by atoms with Gasteiger partial charge in [0.2, 0.25) is 94.5 Å². The summed E-state index contributed by atoms with van der Waals surface area (Å²) in [4.78, 5) is 257. The Morgan fingerprint density at radius 2 is 1.01 bits per heavy atom. The first kappa shape index (κ1) is 99.2. The van der Waals surface area contributed by atoms with Crippen molar-refractivity contribution in [1.29, 1.82) is 0 Å². The minimum atomic E-state index is -1.92. The van der Waals surface area contributed by atoms with Crippen LogP contribution in [-0.2, 0) is 120 Å². The number of carbonyl (C=O) groups is 17. The topological polar surface area (TPSA) is 529 Å². The number of anilines is 1. The largest absolute Gasteiger partial charge is 0.508 e. The van der Waals surface area contributed by atoms with Gasteiger partial charge in [0.15, 0.2) is 0 Å².